The zero-order chi connectivity index (χ0) is 20.4. The molecular weight excluding hydrogens is 350 g/mol. The molecule has 5 heteroatoms. The summed E-state index contributed by atoms with van der Waals surface area (Å²) in [4.78, 5) is 30.4. The molecule has 2 N–H and O–H groups in total. The van der Waals surface area contributed by atoms with Crippen LogP contribution in [0.2, 0.25) is 0 Å². The molecule has 0 radical (unpaired) electrons. The fourth-order valence-electron chi connectivity index (χ4n) is 3.62. The Bertz CT molecular complexity index is 1010. The molecule has 146 valence electrons. The minimum Gasteiger partial charge on any atom is -0.360 e. The van der Waals surface area contributed by atoms with Crippen molar-refractivity contribution in [3.05, 3.63) is 64.8 Å². The number of anilines is 1. The predicted molar refractivity (Wildman–Crippen MR) is 114 cm³/mol. The zero-order valence-electron chi connectivity index (χ0n) is 17.1. The highest BCUT2D eigenvalue weighted by molar-refractivity contribution is 6.10. The number of carbonyl (C=O) groups is 2. The van der Waals surface area contributed by atoms with Crippen LogP contribution in [0.5, 0.6) is 0 Å². The fourth-order valence-corrected chi connectivity index (χ4v) is 3.62. The van der Waals surface area contributed by atoms with Crippen LogP contribution >= 0.6 is 0 Å². The van der Waals surface area contributed by atoms with Crippen molar-refractivity contribution < 1.29 is 9.59 Å². The van der Waals surface area contributed by atoms with Crippen LogP contribution in [-0.4, -0.2) is 41.2 Å². The van der Waals surface area contributed by atoms with Gasteiger partial charge in [-0.1, -0.05) is 35.9 Å². The molecule has 0 bridgehead atoms. The first kappa shape index (κ1) is 19.8. The highest BCUT2D eigenvalue weighted by Gasteiger charge is 2.24. The van der Waals surface area contributed by atoms with E-state index in [0.29, 0.717) is 5.56 Å². The van der Waals surface area contributed by atoms with E-state index in [4.69, 9.17) is 0 Å². The first-order chi connectivity index (χ1) is 13.3. The van der Waals surface area contributed by atoms with Gasteiger partial charge in [-0.05, 0) is 51.9 Å². The van der Waals surface area contributed by atoms with E-state index in [-0.39, 0.29) is 18.2 Å². The molecule has 0 unspecified atom stereocenters. The molecule has 3 aromatic rings. The number of aromatic amines is 1. The summed E-state index contributed by atoms with van der Waals surface area (Å²) in [6, 6.07) is 11.4. The van der Waals surface area contributed by atoms with Gasteiger partial charge >= 0.3 is 0 Å². The molecule has 1 amide bonds. The molecule has 5 nitrogen and oxygen atoms in total. The highest BCUT2D eigenvalue weighted by Crippen LogP contribution is 2.22. The summed E-state index contributed by atoms with van der Waals surface area (Å²) < 4.78 is 0. The Morgan fingerprint density at radius 1 is 1.11 bits per heavy atom. The minimum absolute atomic E-state index is 0.00422. The SMILES string of the molecule is Cc1cc(C)c(NC(=O)CN(C)[C@H](C)C(=O)c2c[nH]c3ccccc23)c(C)c1. The Balaban J connectivity index is 1.69. The molecule has 0 aliphatic rings. The molecule has 3 rings (SSSR count). The lowest BCUT2D eigenvalue weighted by Gasteiger charge is -2.23. The van der Waals surface area contributed by atoms with Crippen molar-refractivity contribution in [1.29, 1.82) is 0 Å². The second-order valence-corrected chi connectivity index (χ2v) is 7.53. The number of nitrogens with one attached hydrogen (secondary N) is 2. The average Bonchev–Trinajstić information content (AvgIpc) is 3.07. The van der Waals surface area contributed by atoms with Crippen LogP contribution in [0.25, 0.3) is 10.9 Å². The van der Waals surface area contributed by atoms with Crippen LogP contribution in [0.1, 0.15) is 34.0 Å². The van der Waals surface area contributed by atoms with Gasteiger partial charge in [0.15, 0.2) is 5.78 Å². The number of aromatic nitrogens is 1. The summed E-state index contributed by atoms with van der Waals surface area (Å²) >= 11 is 0. The lowest BCUT2D eigenvalue weighted by atomic mass is 10.0. The number of benzene rings is 2. The van der Waals surface area contributed by atoms with Gasteiger partial charge in [-0.3, -0.25) is 14.5 Å². The van der Waals surface area contributed by atoms with Crippen molar-refractivity contribution in [3.63, 3.8) is 0 Å². The number of Topliss-reactive ketones (excluding diaryl/α,β-unsaturated/α-hetero) is 1. The van der Waals surface area contributed by atoms with Gasteiger partial charge in [0.2, 0.25) is 5.91 Å². The zero-order valence-corrected chi connectivity index (χ0v) is 17.1. The van der Waals surface area contributed by atoms with Crippen molar-refractivity contribution >= 4 is 28.3 Å². The number of H-pyrrole nitrogens is 1. The maximum Gasteiger partial charge on any atom is 0.238 e. The molecule has 1 aromatic heterocycles. The van der Waals surface area contributed by atoms with Gasteiger partial charge in [0.05, 0.1) is 12.6 Å². The Kier molecular flexibility index (Phi) is 5.66. The molecule has 1 atom stereocenters. The molecule has 1 heterocycles. The van der Waals surface area contributed by atoms with Crippen molar-refractivity contribution in [3.8, 4) is 0 Å². The van der Waals surface area contributed by atoms with Gasteiger partial charge in [-0.15, -0.1) is 0 Å². The van der Waals surface area contributed by atoms with Crippen LogP contribution in [0.4, 0.5) is 5.69 Å². The number of nitrogens with zero attached hydrogens (tertiary/aromatic N) is 1. The number of fused-ring (bicyclic) bond motifs is 1. The summed E-state index contributed by atoms with van der Waals surface area (Å²) in [7, 11) is 1.80. The van der Waals surface area contributed by atoms with E-state index in [1.807, 2.05) is 52.0 Å². The normalized spacial score (nSPS) is 12.4. The molecule has 0 spiro atoms. The monoisotopic (exact) mass is 377 g/mol. The molecular formula is C23H27N3O2. The van der Waals surface area contributed by atoms with E-state index in [9.17, 15) is 9.59 Å². The van der Waals surface area contributed by atoms with Crippen LogP contribution < -0.4 is 5.32 Å². The number of amides is 1. The maximum atomic E-state index is 13.0. The molecule has 2 aromatic carbocycles. The number of aryl methyl sites for hydroxylation is 3. The maximum absolute atomic E-state index is 13.0. The number of rotatable bonds is 6. The summed E-state index contributed by atoms with van der Waals surface area (Å²) in [6.45, 7) is 7.99. The van der Waals surface area contributed by atoms with Crippen LogP contribution in [-0.2, 0) is 4.79 Å². The third-order valence-corrected chi connectivity index (χ3v) is 5.23. The molecule has 0 aliphatic carbocycles. The number of hydrogen-bond acceptors (Lipinski definition) is 3. The van der Waals surface area contributed by atoms with E-state index >= 15 is 0 Å². The Hall–Kier alpha value is -2.92. The second-order valence-electron chi connectivity index (χ2n) is 7.53. The summed E-state index contributed by atoms with van der Waals surface area (Å²) in [5.74, 6) is -0.133. The van der Waals surface area contributed by atoms with Crippen LogP contribution in [0, 0.1) is 20.8 Å². The molecule has 0 saturated heterocycles. The van der Waals surface area contributed by atoms with Crippen molar-refractivity contribution in [1.82, 2.24) is 9.88 Å². The fraction of sp³-hybridized carbons (Fsp3) is 0.304. The van der Waals surface area contributed by atoms with Gasteiger partial charge in [0, 0.05) is 28.4 Å². The van der Waals surface area contributed by atoms with Gasteiger partial charge in [-0.2, -0.15) is 0 Å². The third-order valence-electron chi connectivity index (χ3n) is 5.23. The third kappa shape index (κ3) is 3.99. The first-order valence-corrected chi connectivity index (χ1v) is 9.46. The minimum atomic E-state index is -0.412. The van der Waals surface area contributed by atoms with E-state index in [0.717, 1.165) is 27.7 Å². The molecule has 0 aliphatic heterocycles. The number of likely N-dealkylation sites (N-methyl/N-ethyl adjacent to an activating group) is 1. The number of ketones is 1. The van der Waals surface area contributed by atoms with Gasteiger partial charge in [-0.25, -0.2) is 0 Å². The second kappa shape index (κ2) is 7.98. The molecule has 0 saturated carbocycles. The molecule has 0 fully saturated rings. The van der Waals surface area contributed by atoms with Crippen LogP contribution in [0.3, 0.4) is 0 Å². The number of carbonyl (C=O) groups excluding carboxylic acids is 2. The van der Waals surface area contributed by atoms with E-state index in [1.165, 1.54) is 5.56 Å². The Morgan fingerprint density at radius 3 is 2.43 bits per heavy atom. The van der Waals surface area contributed by atoms with Crippen LogP contribution in [0.15, 0.2) is 42.6 Å². The largest absolute Gasteiger partial charge is 0.360 e. The number of para-hydroxylation sites is 1. The lowest BCUT2D eigenvalue weighted by molar-refractivity contribution is -0.117. The average molecular weight is 377 g/mol. The smallest absolute Gasteiger partial charge is 0.238 e. The number of hydrogen-bond donors (Lipinski definition) is 2. The van der Waals surface area contributed by atoms with Crippen molar-refractivity contribution in [2.75, 3.05) is 18.9 Å². The predicted octanol–water partition coefficient (Wildman–Crippen LogP) is 4.23. The highest BCUT2D eigenvalue weighted by atomic mass is 16.2. The van der Waals surface area contributed by atoms with E-state index in [1.54, 1.807) is 18.1 Å². The lowest BCUT2D eigenvalue weighted by Crippen LogP contribution is -2.41. The van der Waals surface area contributed by atoms with Gasteiger partial charge < -0.3 is 10.3 Å². The van der Waals surface area contributed by atoms with Gasteiger partial charge in [0.1, 0.15) is 0 Å². The van der Waals surface area contributed by atoms with Crippen molar-refractivity contribution in [2.24, 2.45) is 0 Å². The quantitative estimate of drug-likeness (QED) is 0.632. The Morgan fingerprint density at radius 2 is 1.75 bits per heavy atom. The first-order valence-electron chi connectivity index (χ1n) is 9.46. The summed E-state index contributed by atoms with van der Waals surface area (Å²) in [5.41, 5.74) is 5.68. The van der Waals surface area contributed by atoms with E-state index < -0.39 is 6.04 Å². The summed E-state index contributed by atoms with van der Waals surface area (Å²) in [6.07, 6.45) is 1.75. The Labute approximate surface area is 165 Å². The van der Waals surface area contributed by atoms with Gasteiger partial charge in [0.25, 0.3) is 0 Å². The standard InChI is InChI=1S/C23H27N3O2/c1-14-10-15(2)22(16(3)11-14)25-21(27)13-26(5)17(4)23(28)19-12-24-20-9-7-6-8-18(19)20/h6-12,17,24H,13H2,1-5H3,(H,25,27)/t17-/m1/s1. The van der Waals surface area contributed by atoms with E-state index in [2.05, 4.69) is 22.4 Å². The summed E-state index contributed by atoms with van der Waals surface area (Å²) in [5, 5.41) is 3.90. The topological polar surface area (TPSA) is 65.2 Å². The molecule has 28 heavy (non-hydrogen) atoms. The van der Waals surface area contributed by atoms with Crippen molar-refractivity contribution in [2.45, 2.75) is 33.7 Å².